The number of anilines is 1. The Kier molecular flexibility index (Phi) is 8.49. The Morgan fingerprint density at radius 2 is 1.93 bits per heavy atom. The molecule has 2 aliphatic heterocycles. The van der Waals surface area contributed by atoms with E-state index in [0.717, 1.165) is 51.8 Å². The number of aromatic nitrogens is 2. The van der Waals surface area contributed by atoms with E-state index in [2.05, 4.69) is 42.2 Å². The van der Waals surface area contributed by atoms with Crippen molar-refractivity contribution in [1.29, 1.82) is 0 Å². The molecule has 2 aliphatic rings. The zero-order valence-electron chi connectivity index (χ0n) is 16.7. The van der Waals surface area contributed by atoms with Gasteiger partial charge in [0.15, 0.2) is 5.96 Å². The molecule has 0 aliphatic carbocycles. The summed E-state index contributed by atoms with van der Waals surface area (Å²) < 4.78 is 0. The Hall–Kier alpha value is -1.46. The van der Waals surface area contributed by atoms with Gasteiger partial charge in [-0.25, -0.2) is 9.97 Å². The van der Waals surface area contributed by atoms with Crippen molar-refractivity contribution in [1.82, 2.24) is 19.8 Å². The smallest absolute Gasteiger partial charge is 0.225 e. The lowest BCUT2D eigenvalue weighted by atomic mass is 9.98. The van der Waals surface area contributed by atoms with E-state index in [1.165, 1.54) is 24.3 Å². The van der Waals surface area contributed by atoms with E-state index in [9.17, 15) is 0 Å². The van der Waals surface area contributed by atoms with Gasteiger partial charge in [0.05, 0.1) is 0 Å². The number of aliphatic imine (C=N–C) groups is 1. The highest BCUT2D eigenvalue weighted by Gasteiger charge is 2.22. The van der Waals surface area contributed by atoms with Gasteiger partial charge < -0.3 is 15.5 Å². The van der Waals surface area contributed by atoms with Crippen LogP contribution in [0.1, 0.15) is 17.7 Å². The second kappa shape index (κ2) is 11.1. The molecular weight excluding hydrogens is 497 g/mol. The van der Waals surface area contributed by atoms with Crippen LogP contribution in [0.5, 0.6) is 0 Å². The van der Waals surface area contributed by atoms with Gasteiger partial charge in [-0.15, -0.1) is 35.3 Å². The minimum Gasteiger partial charge on any atom is -0.370 e. The van der Waals surface area contributed by atoms with Gasteiger partial charge in [-0.3, -0.25) is 9.89 Å². The first kappa shape index (κ1) is 22.2. The first-order valence-electron chi connectivity index (χ1n) is 10.1. The molecule has 9 heteroatoms. The SMILES string of the molecule is I.NC(=NCC1CCCN(Cc2cccs2)C1)N1CCN(c2ncccn2)CC1. The van der Waals surface area contributed by atoms with E-state index < -0.39 is 0 Å². The predicted molar refractivity (Wildman–Crippen MR) is 130 cm³/mol. The number of likely N-dealkylation sites (tertiary alicyclic amines) is 1. The number of rotatable bonds is 5. The number of nitrogens with two attached hydrogens (primary N) is 1. The van der Waals surface area contributed by atoms with Crippen LogP contribution in [0.2, 0.25) is 0 Å². The van der Waals surface area contributed by atoms with Crippen LogP contribution in [0.3, 0.4) is 0 Å². The van der Waals surface area contributed by atoms with Crippen molar-refractivity contribution in [3.63, 3.8) is 0 Å². The van der Waals surface area contributed by atoms with E-state index in [1.54, 1.807) is 12.4 Å². The van der Waals surface area contributed by atoms with Gasteiger partial charge in [0.25, 0.3) is 0 Å². The van der Waals surface area contributed by atoms with Gasteiger partial charge in [0.1, 0.15) is 0 Å². The molecule has 2 N–H and O–H groups in total. The molecule has 7 nitrogen and oxygen atoms in total. The molecule has 0 bridgehead atoms. The zero-order chi connectivity index (χ0) is 19.2. The zero-order valence-corrected chi connectivity index (χ0v) is 19.8. The quantitative estimate of drug-likeness (QED) is 0.366. The lowest BCUT2D eigenvalue weighted by Crippen LogP contribution is -2.51. The van der Waals surface area contributed by atoms with Crippen molar-refractivity contribution in [2.75, 3.05) is 50.7 Å². The lowest BCUT2D eigenvalue weighted by molar-refractivity contribution is 0.172. The molecule has 4 rings (SSSR count). The summed E-state index contributed by atoms with van der Waals surface area (Å²) >= 11 is 1.84. The summed E-state index contributed by atoms with van der Waals surface area (Å²) in [6, 6.07) is 6.21. The maximum absolute atomic E-state index is 6.31. The fourth-order valence-corrected chi connectivity index (χ4v) is 4.73. The highest BCUT2D eigenvalue weighted by atomic mass is 127. The fourth-order valence-electron chi connectivity index (χ4n) is 3.98. The summed E-state index contributed by atoms with van der Waals surface area (Å²) in [5, 5.41) is 2.16. The topological polar surface area (TPSA) is 73.9 Å². The maximum Gasteiger partial charge on any atom is 0.225 e. The van der Waals surface area contributed by atoms with E-state index in [1.807, 2.05) is 17.4 Å². The minimum absolute atomic E-state index is 0. The van der Waals surface area contributed by atoms with Crippen LogP contribution in [0, 0.1) is 5.92 Å². The number of hydrogen-bond donors (Lipinski definition) is 1. The van der Waals surface area contributed by atoms with Crippen LogP contribution in [0.15, 0.2) is 41.0 Å². The number of piperazine rings is 1. The molecule has 1 unspecified atom stereocenters. The molecule has 2 aromatic rings. The summed E-state index contributed by atoms with van der Waals surface area (Å²) in [4.78, 5) is 21.8. The molecule has 1 atom stereocenters. The second-order valence-electron chi connectivity index (χ2n) is 7.54. The Labute approximate surface area is 194 Å². The third-order valence-corrected chi connectivity index (χ3v) is 6.37. The summed E-state index contributed by atoms with van der Waals surface area (Å²) in [5.74, 6) is 2.08. The molecular formula is C20H30IN7S. The molecule has 0 spiro atoms. The Morgan fingerprint density at radius 3 is 2.66 bits per heavy atom. The molecule has 0 aromatic carbocycles. The standard InChI is InChI=1S/C20H29N7S.HI/c21-19(26-9-11-27(12-10-26)20-22-6-3-7-23-20)24-14-17-4-1-8-25(15-17)16-18-5-2-13-28-18;/h2-3,5-7,13,17H,1,4,8-12,14-16H2,(H2,21,24);1H. The van der Waals surface area contributed by atoms with Crippen LogP contribution < -0.4 is 10.6 Å². The summed E-state index contributed by atoms with van der Waals surface area (Å²) in [7, 11) is 0. The van der Waals surface area contributed by atoms with Crippen LogP contribution in [-0.2, 0) is 6.54 Å². The van der Waals surface area contributed by atoms with Gasteiger partial charge in [0.2, 0.25) is 5.95 Å². The summed E-state index contributed by atoms with van der Waals surface area (Å²) in [6.07, 6.45) is 6.07. The monoisotopic (exact) mass is 527 g/mol. The molecule has 4 heterocycles. The third kappa shape index (κ3) is 6.26. The lowest BCUT2D eigenvalue weighted by Gasteiger charge is -2.35. The number of guanidine groups is 1. The van der Waals surface area contributed by atoms with Gasteiger partial charge in [-0.05, 0) is 42.8 Å². The molecule has 2 aromatic heterocycles. The highest BCUT2D eigenvalue weighted by molar-refractivity contribution is 14.0. The summed E-state index contributed by atoms with van der Waals surface area (Å²) in [5.41, 5.74) is 6.31. The van der Waals surface area contributed by atoms with E-state index in [-0.39, 0.29) is 24.0 Å². The molecule has 2 fully saturated rings. The van der Waals surface area contributed by atoms with Crippen molar-refractivity contribution >= 4 is 47.2 Å². The van der Waals surface area contributed by atoms with Crippen molar-refractivity contribution in [2.24, 2.45) is 16.6 Å². The fraction of sp³-hybridized carbons (Fsp3) is 0.550. The average molecular weight is 527 g/mol. The Morgan fingerprint density at radius 1 is 1.14 bits per heavy atom. The van der Waals surface area contributed by atoms with Crippen molar-refractivity contribution in [2.45, 2.75) is 19.4 Å². The van der Waals surface area contributed by atoms with Crippen molar-refractivity contribution < 1.29 is 0 Å². The molecule has 158 valence electrons. The number of thiophene rings is 1. The molecule has 29 heavy (non-hydrogen) atoms. The van der Waals surface area contributed by atoms with Crippen LogP contribution in [0.4, 0.5) is 5.95 Å². The predicted octanol–water partition coefficient (Wildman–Crippen LogP) is 2.51. The number of halogens is 1. The second-order valence-corrected chi connectivity index (χ2v) is 8.58. The van der Waals surface area contributed by atoms with E-state index >= 15 is 0 Å². The first-order chi connectivity index (χ1) is 13.8. The van der Waals surface area contributed by atoms with Crippen LogP contribution in [-0.4, -0.2) is 71.5 Å². The Balaban J connectivity index is 0.00000240. The van der Waals surface area contributed by atoms with E-state index in [0.29, 0.717) is 11.9 Å². The average Bonchev–Trinajstić information content (AvgIpc) is 3.26. The molecule has 0 radical (unpaired) electrons. The van der Waals surface area contributed by atoms with Crippen LogP contribution >= 0.6 is 35.3 Å². The normalized spacial score (nSPS) is 21.1. The van der Waals surface area contributed by atoms with Gasteiger partial charge >= 0.3 is 0 Å². The number of nitrogens with zero attached hydrogens (tertiary/aromatic N) is 6. The number of piperidine rings is 1. The third-order valence-electron chi connectivity index (χ3n) is 5.51. The molecule has 0 amide bonds. The highest BCUT2D eigenvalue weighted by Crippen LogP contribution is 2.20. The van der Waals surface area contributed by atoms with Gasteiger partial charge in [-0.2, -0.15) is 0 Å². The van der Waals surface area contributed by atoms with Crippen molar-refractivity contribution in [3.8, 4) is 0 Å². The molecule has 0 saturated carbocycles. The van der Waals surface area contributed by atoms with Gasteiger partial charge in [0, 0.05) is 63.1 Å². The largest absolute Gasteiger partial charge is 0.370 e. The van der Waals surface area contributed by atoms with Gasteiger partial charge in [-0.1, -0.05) is 6.07 Å². The Bertz CT molecular complexity index is 747. The van der Waals surface area contributed by atoms with Crippen LogP contribution in [0.25, 0.3) is 0 Å². The molecule has 2 saturated heterocycles. The minimum atomic E-state index is 0. The van der Waals surface area contributed by atoms with E-state index in [4.69, 9.17) is 10.7 Å². The summed E-state index contributed by atoms with van der Waals surface area (Å²) in [6.45, 7) is 7.68. The number of hydrogen-bond acceptors (Lipinski definition) is 6. The van der Waals surface area contributed by atoms with Crippen molar-refractivity contribution in [3.05, 3.63) is 40.8 Å². The maximum atomic E-state index is 6.31. The first-order valence-corrected chi connectivity index (χ1v) is 11.0.